The Kier molecular flexibility index (Phi) is 7.61. The molecule has 8 nitrogen and oxygen atoms in total. The number of amides is 1. The second-order valence-electron chi connectivity index (χ2n) is 6.22. The van der Waals surface area contributed by atoms with Gasteiger partial charge in [0.1, 0.15) is 35.3 Å². The Morgan fingerprint density at radius 3 is 2.50 bits per heavy atom. The highest BCUT2D eigenvalue weighted by molar-refractivity contribution is 7.80. The summed E-state index contributed by atoms with van der Waals surface area (Å²) in [7, 11) is 1.61. The Hall–Kier alpha value is -3.14. The lowest BCUT2D eigenvalue weighted by Crippen LogP contribution is -2.27. The van der Waals surface area contributed by atoms with Gasteiger partial charge in [-0.3, -0.25) is 15.5 Å². The molecule has 30 heavy (non-hydrogen) atoms. The van der Waals surface area contributed by atoms with Gasteiger partial charge in [-0.05, 0) is 42.5 Å². The van der Waals surface area contributed by atoms with Crippen LogP contribution < -0.4 is 20.3 Å². The predicted octanol–water partition coefficient (Wildman–Crippen LogP) is 2.92. The zero-order valence-corrected chi connectivity index (χ0v) is 17.2. The largest absolute Gasteiger partial charge is 0.492 e. The Balaban J connectivity index is 1.48. The third-order valence-electron chi connectivity index (χ3n) is 4.15. The van der Waals surface area contributed by atoms with Gasteiger partial charge in [-0.1, -0.05) is 12.2 Å². The van der Waals surface area contributed by atoms with E-state index in [1.807, 2.05) is 17.6 Å². The second-order valence-corrected chi connectivity index (χ2v) is 6.63. The molecule has 0 aliphatic rings. The molecule has 9 heteroatoms. The van der Waals surface area contributed by atoms with Gasteiger partial charge in [-0.25, -0.2) is 0 Å². The maximum Gasteiger partial charge on any atom is 0.287 e. The number of furan rings is 1. The molecule has 0 saturated heterocycles. The number of fused-ring (bicyclic) bond motifs is 1. The minimum atomic E-state index is -0.327. The summed E-state index contributed by atoms with van der Waals surface area (Å²) in [6.45, 7) is 1.51. The molecule has 3 rings (SSSR count). The van der Waals surface area contributed by atoms with Gasteiger partial charge in [0.05, 0.1) is 13.2 Å². The van der Waals surface area contributed by atoms with E-state index >= 15 is 0 Å². The van der Waals surface area contributed by atoms with Crippen LogP contribution in [0.3, 0.4) is 0 Å². The summed E-state index contributed by atoms with van der Waals surface area (Å²) in [6, 6.07) is 14.0. The highest BCUT2D eigenvalue weighted by Crippen LogP contribution is 2.24. The van der Waals surface area contributed by atoms with Gasteiger partial charge in [-0.15, -0.1) is 0 Å². The van der Waals surface area contributed by atoms with E-state index in [0.29, 0.717) is 42.4 Å². The summed E-state index contributed by atoms with van der Waals surface area (Å²) >= 11 is 4.93. The van der Waals surface area contributed by atoms with E-state index in [1.165, 1.54) is 0 Å². The first-order chi connectivity index (χ1) is 14.6. The van der Waals surface area contributed by atoms with E-state index < -0.39 is 0 Å². The van der Waals surface area contributed by atoms with Crippen LogP contribution in [0.4, 0.5) is 0 Å². The molecule has 1 aromatic heterocycles. The van der Waals surface area contributed by atoms with Crippen molar-refractivity contribution < 1.29 is 28.6 Å². The smallest absolute Gasteiger partial charge is 0.287 e. The van der Waals surface area contributed by atoms with Crippen LogP contribution in [0.5, 0.6) is 11.5 Å². The normalized spacial score (nSPS) is 10.6. The third kappa shape index (κ3) is 5.69. The van der Waals surface area contributed by atoms with Crippen molar-refractivity contribution in [3.63, 3.8) is 0 Å². The first-order valence-electron chi connectivity index (χ1n) is 9.21. The lowest BCUT2D eigenvalue weighted by Gasteiger charge is -2.08. The Morgan fingerprint density at radius 2 is 1.77 bits per heavy atom. The molecule has 3 aromatic rings. The molecule has 1 amide bonds. The topological polar surface area (TPSA) is 102 Å². The second kappa shape index (κ2) is 10.6. The predicted molar refractivity (Wildman–Crippen MR) is 114 cm³/mol. The zero-order chi connectivity index (χ0) is 21.3. The van der Waals surface area contributed by atoms with Gasteiger partial charge in [-0.2, -0.15) is 0 Å². The van der Waals surface area contributed by atoms with Gasteiger partial charge in [0, 0.05) is 24.1 Å². The Labute approximate surface area is 178 Å². The van der Waals surface area contributed by atoms with Crippen LogP contribution >= 0.6 is 12.2 Å². The zero-order valence-electron chi connectivity index (χ0n) is 16.3. The highest BCUT2D eigenvalue weighted by atomic mass is 32.1. The summed E-state index contributed by atoms with van der Waals surface area (Å²) in [6.07, 6.45) is 0. The minimum absolute atomic E-state index is 0.216. The molecule has 0 aliphatic heterocycles. The number of carbonyl (C=O) groups is 1. The van der Waals surface area contributed by atoms with Crippen LogP contribution in [-0.4, -0.2) is 49.6 Å². The number of thiocarbonyl (C=S) groups is 1. The summed E-state index contributed by atoms with van der Waals surface area (Å²) in [4.78, 5) is 12.6. The fourth-order valence-corrected chi connectivity index (χ4v) is 2.78. The van der Waals surface area contributed by atoms with Gasteiger partial charge >= 0.3 is 0 Å². The third-order valence-corrected chi connectivity index (χ3v) is 4.47. The number of carbonyl (C=O) groups excluding carboxylic acids is 1. The summed E-state index contributed by atoms with van der Waals surface area (Å²) in [5, 5.41) is 12.4. The maximum atomic E-state index is 12.3. The van der Waals surface area contributed by atoms with Gasteiger partial charge in [0.2, 0.25) is 0 Å². The summed E-state index contributed by atoms with van der Waals surface area (Å²) < 4.78 is 21.7. The van der Waals surface area contributed by atoms with E-state index in [4.69, 9.17) is 36.1 Å². The molecule has 3 N–H and O–H groups in total. The van der Waals surface area contributed by atoms with Crippen LogP contribution in [0, 0.1) is 0 Å². The van der Waals surface area contributed by atoms with Gasteiger partial charge in [0.25, 0.3) is 5.91 Å². The van der Waals surface area contributed by atoms with E-state index in [9.17, 15) is 4.79 Å². The van der Waals surface area contributed by atoms with Crippen LogP contribution in [0.2, 0.25) is 0 Å². The van der Waals surface area contributed by atoms with Crippen molar-refractivity contribution in [1.82, 2.24) is 10.8 Å². The molecule has 0 saturated carbocycles. The monoisotopic (exact) mass is 430 g/mol. The summed E-state index contributed by atoms with van der Waals surface area (Å²) in [5.74, 6) is 1.16. The molecule has 0 bridgehead atoms. The van der Waals surface area contributed by atoms with Crippen LogP contribution in [0.15, 0.2) is 52.9 Å². The Morgan fingerprint density at radius 1 is 1.03 bits per heavy atom. The fraction of sp³-hybridized carbons (Fsp3) is 0.238. The van der Waals surface area contributed by atoms with E-state index in [0.717, 1.165) is 5.39 Å². The van der Waals surface area contributed by atoms with E-state index in [1.54, 1.807) is 43.5 Å². The molecule has 1 heterocycles. The molecular formula is C21H22N2O6S. The van der Waals surface area contributed by atoms with E-state index in [-0.39, 0.29) is 23.3 Å². The summed E-state index contributed by atoms with van der Waals surface area (Å²) in [5.41, 5.74) is 3.17. The minimum Gasteiger partial charge on any atom is -0.492 e. The average Bonchev–Trinajstić information content (AvgIpc) is 3.20. The molecule has 0 aliphatic carbocycles. The number of ether oxygens (including phenoxy) is 3. The van der Waals surface area contributed by atoms with Crippen LogP contribution in [0.1, 0.15) is 16.1 Å². The van der Waals surface area contributed by atoms with Crippen molar-refractivity contribution in [2.24, 2.45) is 0 Å². The number of hydrogen-bond acceptors (Lipinski definition) is 7. The lowest BCUT2D eigenvalue weighted by molar-refractivity contribution is 0.0921. The van der Waals surface area contributed by atoms with Crippen molar-refractivity contribution >= 4 is 34.1 Å². The molecule has 0 fully saturated rings. The molecule has 158 valence electrons. The molecule has 0 radical (unpaired) electrons. The standard InChI is InChI=1S/C21H22N2O6S/c1-26-10-11-28-17-7-4-15-12-19(29-18(15)13-17)20(24)22-8-9-27-16-5-2-14(3-6-16)21(30)23-25/h2-7,12-13,25H,8-11H2,1H3,(H,22,24)(H,23,30). The molecule has 0 unspecified atom stereocenters. The van der Waals surface area contributed by atoms with Crippen molar-refractivity contribution in [3.05, 3.63) is 59.9 Å². The maximum absolute atomic E-state index is 12.3. The van der Waals surface area contributed by atoms with Gasteiger partial charge in [0.15, 0.2) is 5.76 Å². The van der Waals surface area contributed by atoms with E-state index in [2.05, 4.69) is 5.32 Å². The number of hydroxylamine groups is 1. The number of nitrogens with one attached hydrogen (secondary N) is 2. The first-order valence-corrected chi connectivity index (χ1v) is 9.62. The molecule has 0 spiro atoms. The fourth-order valence-electron chi connectivity index (χ4n) is 2.64. The number of rotatable bonds is 10. The number of hydrogen-bond donors (Lipinski definition) is 3. The SMILES string of the molecule is COCCOc1ccc2cc(C(=O)NCCOc3ccc(C(=S)NO)cc3)oc2c1. The number of benzene rings is 2. The highest BCUT2D eigenvalue weighted by Gasteiger charge is 2.12. The van der Waals surface area contributed by atoms with Crippen molar-refractivity contribution in [2.45, 2.75) is 0 Å². The quantitative estimate of drug-likeness (QED) is 0.256. The molecule has 0 atom stereocenters. The Bertz CT molecular complexity index is 1000. The van der Waals surface area contributed by atoms with Crippen molar-refractivity contribution in [1.29, 1.82) is 0 Å². The molecule has 2 aromatic carbocycles. The van der Waals surface area contributed by atoms with Crippen LogP contribution in [0.25, 0.3) is 11.0 Å². The average molecular weight is 430 g/mol. The van der Waals surface area contributed by atoms with Crippen molar-refractivity contribution in [2.75, 3.05) is 33.5 Å². The van der Waals surface area contributed by atoms with Crippen molar-refractivity contribution in [3.8, 4) is 11.5 Å². The first kappa shape index (κ1) is 21.6. The number of methoxy groups -OCH3 is 1. The lowest BCUT2D eigenvalue weighted by atomic mass is 10.2. The van der Waals surface area contributed by atoms with Gasteiger partial charge < -0.3 is 23.9 Å². The molecular weight excluding hydrogens is 408 g/mol. The van der Waals surface area contributed by atoms with Crippen LogP contribution in [-0.2, 0) is 4.74 Å².